The Morgan fingerprint density at radius 3 is 2.87 bits per heavy atom. The minimum absolute atomic E-state index is 0.186. The summed E-state index contributed by atoms with van der Waals surface area (Å²) in [7, 11) is 0. The van der Waals surface area contributed by atoms with Crippen molar-refractivity contribution in [2.75, 3.05) is 18.0 Å². The summed E-state index contributed by atoms with van der Waals surface area (Å²) < 4.78 is 3.75. The van der Waals surface area contributed by atoms with Crippen LogP contribution in [-0.2, 0) is 19.6 Å². The van der Waals surface area contributed by atoms with Crippen molar-refractivity contribution in [2.24, 2.45) is 5.92 Å². The first kappa shape index (κ1) is 19.5. The second-order valence-corrected chi connectivity index (χ2v) is 8.24. The molecular formula is C22H25N7O2. The highest BCUT2D eigenvalue weighted by molar-refractivity contribution is 5.93. The van der Waals surface area contributed by atoms with E-state index in [4.69, 9.17) is 0 Å². The lowest BCUT2D eigenvalue weighted by atomic mass is 9.83. The van der Waals surface area contributed by atoms with Crippen LogP contribution in [0.25, 0.3) is 0 Å². The molecule has 2 atom stereocenters. The highest BCUT2D eigenvalue weighted by Crippen LogP contribution is 2.36. The highest BCUT2D eigenvalue weighted by atomic mass is 16.2. The number of rotatable bonds is 5. The summed E-state index contributed by atoms with van der Waals surface area (Å²) in [6.45, 7) is 5.42. The van der Waals surface area contributed by atoms with Gasteiger partial charge in [-0.2, -0.15) is 0 Å². The summed E-state index contributed by atoms with van der Waals surface area (Å²) in [5, 5.41) is 2.83. The number of carbonyl (C=O) groups excluding carboxylic acids is 1. The van der Waals surface area contributed by atoms with Crippen molar-refractivity contribution in [2.45, 2.75) is 38.9 Å². The first-order chi connectivity index (χ1) is 15.1. The van der Waals surface area contributed by atoms with Gasteiger partial charge in [-0.1, -0.05) is 0 Å². The van der Waals surface area contributed by atoms with Crippen LogP contribution in [0.5, 0.6) is 0 Å². The molecule has 2 bridgehead atoms. The first-order valence-corrected chi connectivity index (χ1v) is 10.7. The van der Waals surface area contributed by atoms with Crippen LogP contribution in [0, 0.1) is 5.92 Å². The number of amides is 1. The second kappa shape index (κ2) is 7.98. The fourth-order valence-electron chi connectivity index (χ4n) is 4.71. The van der Waals surface area contributed by atoms with Crippen LogP contribution in [0.15, 0.2) is 48.0 Å². The molecule has 31 heavy (non-hydrogen) atoms. The lowest BCUT2D eigenvalue weighted by Gasteiger charge is -2.43. The normalized spacial score (nSPS) is 19.7. The Bertz CT molecular complexity index is 1150. The summed E-state index contributed by atoms with van der Waals surface area (Å²) in [5.41, 5.74) is 1.75. The lowest BCUT2D eigenvalue weighted by Crippen LogP contribution is -2.48. The number of nitrogens with zero attached hydrogens (tertiary/aromatic N) is 6. The van der Waals surface area contributed by atoms with Crippen LogP contribution in [0.3, 0.4) is 0 Å². The number of nitrogens with one attached hydrogen (secondary N) is 1. The monoisotopic (exact) mass is 419 g/mol. The summed E-state index contributed by atoms with van der Waals surface area (Å²) in [6.07, 6.45) is 7.99. The van der Waals surface area contributed by atoms with Gasteiger partial charge in [0.2, 0.25) is 0 Å². The Morgan fingerprint density at radius 1 is 1.19 bits per heavy atom. The Kier molecular flexibility index (Phi) is 5.01. The van der Waals surface area contributed by atoms with E-state index in [-0.39, 0.29) is 22.9 Å². The second-order valence-electron chi connectivity index (χ2n) is 8.24. The van der Waals surface area contributed by atoms with Crippen molar-refractivity contribution in [3.63, 3.8) is 0 Å². The predicted octanol–water partition coefficient (Wildman–Crippen LogP) is 1.41. The van der Waals surface area contributed by atoms with E-state index in [0.29, 0.717) is 19.0 Å². The molecule has 0 unspecified atom stereocenters. The molecule has 2 aliphatic heterocycles. The first-order valence-electron chi connectivity index (χ1n) is 10.7. The molecule has 1 fully saturated rings. The minimum Gasteiger partial charge on any atom is -0.356 e. The summed E-state index contributed by atoms with van der Waals surface area (Å²) in [5.74, 6) is 1.15. The SMILES string of the molecule is CCn1cnc(CNC(=O)c2ccc3n(c2=O)C[C@H]2C[C@@H]3CN(c3ccncn3)C2)c1. The molecule has 2 aliphatic rings. The highest BCUT2D eigenvalue weighted by Gasteiger charge is 2.35. The third-order valence-electron chi connectivity index (χ3n) is 6.22. The van der Waals surface area contributed by atoms with Gasteiger partial charge in [0, 0.05) is 50.2 Å². The van der Waals surface area contributed by atoms with E-state index >= 15 is 0 Å². The van der Waals surface area contributed by atoms with E-state index in [0.717, 1.165) is 43.3 Å². The van der Waals surface area contributed by atoms with E-state index in [9.17, 15) is 9.59 Å². The molecule has 0 aliphatic carbocycles. The molecule has 0 radical (unpaired) electrons. The molecular weight excluding hydrogens is 394 g/mol. The number of pyridine rings is 1. The van der Waals surface area contributed by atoms with Gasteiger partial charge < -0.3 is 19.4 Å². The molecule has 1 amide bonds. The van der Waals surface area contributed by atoms with Gasteiger partial charge in [-0.15, -0.1) is 0 Å². The van der Waals surface area contributed by atoms with Crippen molar-refractivity contribution in [3.05, 3.63) is 70.6 Å². The van der Waals surface area contributed by atoms with Gasteiger partial charge in [-0.25, -0.2) is 15.0 Å². The zero-order valence-corrected chi connectivity index (χ0v) is 17.4. The Hall–Kier alpha value is -3.49. The van der Waals surface area contributed by atoms with Gasteiger partial charge in [0.1, 0.15) is 17.7 Å². The molecule has 1 N–H and O–H groups in total. The summed E-state index contributed by atoms with van der Waals surface area (Å²) in [6, 6.07) is 5.52. The zero-order valence-electron chi connectivity index (χ0n) is 17.4. The van der Waals surface area contributed by atoms with Crippen LogP contribution < -0.4 is 15.8 Å². The van der Waals surface area contributed by atoms with Crippen molar-refractivity contribution < 1.29 is 4.79 Å². The maximum absolute atomic E-state index is 13.1. The van der Waals surface area contributed by atoms with E-state index in [1.807, 2.05) is 29.8 Å². The summed E-state index contributed by atoms with van der Waals surface area (Å²) in [4.78, 5) is 40.8. The average Bonchev–Trinajstić information content (AvgIpc) is 3.27. The number of anilines is 1. The zero-order chi connectivity index (χ0) is 21.4. The Balaban J connectivity index is 1.34. The van der Waals surface area contributed by atoms with Gasteiger partial charge in [-0.05, 0) is 37.5 Å². The number of hydrogen-bond acceptors (Lipinski definition) is 6. The molecule has 160 valence electrons. The van der Waals surface area contributed by atoms with Crippen LogP contribution in [0.1, 0.15) is 41.0 Å². The van der Waals surface area contributed by atoms with Crippen LogP contribution in [-0.4, -0.2) is 43.1 Å². The van der Waals surface area contributed by atoms with Crippen molar-refractivity contribution in [1.82, 2.24) is 29.4 Å². The average molecular weight is 419 g/mol. The number of fused-ring (bicyclic) bond motifs is 4. The lowest BCUT2D eigenvalue weighted by molar-refractivity contribution is 0.0947. The number of hydrogen-bond donors (Lipinski definition) is 1. The van der Waals surface area contributed by atoms with Crippen molar-refractivity contribution >= 4 is 11.7 Å². The molecule has 1 saturated heterocycles. The molecule has 9 heteroatoms. The van der Waals surface area contributed by atoms with Gasteiger partial charge in [0.15, 0.2) is 0 Å². The third kappa shape index (κ3) is 3.71. The van der Waals surface area contributed by atoms with E-state index in [1.54, 1.807) is 29.5 Å². The molecule has 3 aromatic rings. The molecule has 5 rings (SSSR count). The number of aromatic nitrogens is 5. The van der Waals surface area contributed by atoms with Crippen molar-refractivity contribution in [1.29, 1.82) is 0 Å². The molecule has 5 heterocycles. The Morgan fingerprint density at radius 2 is 2.10 bits per heavy atom. The van der Waals surface area contributed by atoms with Gasteiger partial charge >= 0.3 is 0 Å². The van der Waals surface area contributed by atoms with Gasteiger partial charge in [0.25, 0.3) is 11.5 Å². The molecule has 0 aromatic carbocycles. The smallest absolute Gasteiger partial charge is 0.263 e. The number of imidazole rings is 1. The third-order valence-corrected chi connectivity index (χ3v) is 6.22. The standard InChI is InChI=1S/C22H25N7O2/c1-2-27-12-17(26-14-27)8-24-21(30)18-3-4-19-16-7-15(10-29(19)22(18)31)9-28(11-16)20-5-6-23-13-25-20/h3-6,12-16H,2,7-11H2,1H3,(H,24,30)/t15-,16+/m0/s1. The number of carbonyl (C=O) groups is 1. The minimum atomic E-state index is -0.357. The molecule has 0 saturated carbocycles. The van der Waals surface area contributed by atoms with Gasteiger partial charge in [-0.3, -0.25) is 9.59 Å². The van der Waals surface area contributed by atoms with Crippen molar-refractivity contribution in [3.8, 4) is 0 Å². The molecule has 0 spiro atoms. The Labute approximate surface area is 179 Å². The maximum atomic E-state index is 13.1. The van der Waals surface area contributed by atoms with Crippen LogP contribution >= 0.6 is 0 Å². The van der Waals surface area contributed by atoms with Gasteiger partial charge in [0.05, 0.1) is 18.6 Å². The topological polar surface area (TPSA) is 97.9 Å². The quantitative estimate of drug-likeness (QED) is 0.672. The maximum Gasteiger partial charge on any atom is 0.263 e. The van der Waals surface area contributed by atoms with E-state index in [1.165, 1.54) is 0 Å². The van der Waals surface area contributed by atoms with E-state index in [2.05, 4.69) is 25.2 Å². The van der Waals surface area contributed by atoms with Crippen LogP contribution in [0.2, 0.25) is 0 Å². The van der Waals surface area contributed by atoms with Crippen LogP contribution in [0.4, 0.5) is 5.82 Å². The fourth-order valence-corrected chi connectivity index (χ4v) is 4.71. The predicted molar refractivity (Wildman–Crippen MR) is 115 cm³/mol. The van der Waals surface area contributed by atoms with E-state index < -0.39 is 0 Å². The largest absolute Gasteiger partial charge is 0.356 e. The number of aryl methyl sites for hydroxylation is 1. The number of piperidine rings is 1. The summed E-state index contributed by atoms with van der Waals surface area (Å²) >= 11 is 0. The molecule has 9 nitrogen and oxygen atoms in total. The fraction of sp³-hybridized carbons (Fsp3) is 0.409. The molecule has 3 aromatic heterocycles.